The van der Waals surface area contributed by atoms with E-state index < -0.39 is 0 Å². The van der Waals surface area contributed by atoms with Crippen LogP contribution in [-0.2, 0) is 19.4 Å². The molecule has 0 saturated carbocycles. The van der Waals surface area contributed by atoms with Gasteiger partial charge in [-0.15, -0.1) is 0 Å². The third-order valence-corrected chi connectivity index (χ3v) is 7.62. The van der Waals surface area contributed by atoms with Crippen LogP contribution in [-0.4, -0.2) is 32.4 Å². The van der Waals surface area contributed by atoms with E-state index in [1.54, 1.807) is 7.11 Å². The van der Waals surface area contributed by atoms with Crippen LogP contribution in [0.5, 0.6) is 5.75 Å². The summed E-state index contributed by atoms with van der Waals surface area (Å²) in [6.07, 6.45) is 3.78. The minimum absolute atomic E-state index is 0.204. The number of hydrogen-bond acceptors (Lipinski definition) is 3. The molecule has 2 aromatic heterocycles. The normalized spacial score (nSPS) is 14.3. The first-order valence-electron chi connectivity index (χ1n) is 13.8. The molecule has 1 atom stereocenters. The maximum absolute atomic E-state index is 14.2. The topological polar surface area (TPSA) is 64.3 Å². The quantitative estimate of drug-likeness (QED) is 0.258. The number of ether oxygens (including phenoxy) is 1. The first-order valence-corrected chi connectivity index (χ1v) is 13.8. The van der Waals surface area contributed by atoms with Crippen molar-refractivity contribution in [2.45, 2.75) is 39.3 Å². The van der Waals surface area contributed by atoms with Gasteiger partial charge in [0, 0.05) is 11.8 Å². The second kappa shape index (κ2) is 10.8. The lowest BCUT2D eigenvalue weighted by Crippen LogP contribution is -2.38. The van der Waals surface area contributed by atoms with Crippen molar-refractivity contribution in [1.29, 1.82) is 0 Å². The molecule has 1 N–H and O–H groups in total. The number of urea groups is 1. The van der Waals surface area contributed by atoms with Gasteiger partial charge in [0.1, 0.15) is 11.6 Å². The first kappa shape index (κ1) is 25.5. The summed E-state index contributed by atoms with van der Waals surface area (Å²) in [5.41, 5.74) is 6.92. The molecule has 7 nitrogen and oxygen atoms in total. The van der Waals surface area contributed by atoms with E-state index in [2.05, 4.69) is 72.4 Å². The van der Waals surface area contributed by atoms with Crippen molar-refractivity contribution in [3.63, 3.8) is 0 Å². The Hall–Kier alpha value is -4.78. The smallest absolute Gasteiger partial charge is 0.323 e. The van der Waals surface area contributed by atoms with Crippen molar-refractivity contribution in [1.82, 2.24) is 19.2 Å². The average molecular weight is 532 g/mol. The fourth-order valence-electron chi connectivity index (χ4n) is 5.57. The number of hydrogen-bond donors (Lipinski definition) is 1. The molecular weight excluding hydrogens is 498 g/mol. The van der Waals surface area contributed by atoms with Crippen molar-refractivity contribution in [2.75, 3.05) is 12.4 Å². The molecule has 1 aliphatic heterocycles. The largest absolute Gasteiger partial charge is 0.495 e. The highest BCUT2D eigenvalue weighted by atomic mass is 16.5. The van der Waals surface area contributed by atoms with Crippen LogP contribution in [0, 0.1) is 0 Å². The molecule has 5 aromatic rings. The molecule has 0 saturated heterocycles. The maximum atomic E-state index is 14.2. The SMILES string of the molecule is CCc1ccc(C2c3cccn3-c3c(c(CC)nn3-c3ccccc3)CN2C(=O)Nc2ccccc2OC)cc1. The lowest BCUT2D eigenvalue weighted by molar-refractivity contribution is 0.194. The van der Waals surface area contributed by atoms with E-state index in [-0.39, 0.29) is 12.1 Å². The van der Waals surface area contributed by atoms with Crippen LogP contribution in [0.25, 0.3) is 11.5 Å². The molecule has 7 heteroatoms. The molecule has 2 amide bonds. The Bertz CT molecular complexity index is 1640. The summed E-state index contributed by atoms with van der Waals surface area (Å²) in [7, 11) is 1.61. The third kappa shape index (κ3) is 4.43. The van der Waals surface area contributed by atoms with Crippen LogP contribution in [0.3, 0.4) is 0 Å². The van der Waals surface area contributed by atoms with Gasteiger partial charge in [0.15, 0.2) is 0 Å². The number of rotatable bonds is 6. The average Bonchev–Trinajstić information content (AvgIpc) is 3.59. The van der Waals surface area contributed by atoms with Gasteiger partial charge in [-0.05, 0) is 60.4 Å². The summed E-state index contributed by atoms with van der Waals surface area (Å²) in [6, 6.07) is 29.9. The third-order valence-electron chi connectivity index (χ3n) is 7.62. The van der Waals surface area contributed by atoms with Gasteiger partial charge >= 0.3 is 6.03 Å². The standard InChI is InChI=1S/C33H33N5O2/c1-4-23-17-19-24(20-18-23)31-29-15-11-21-36(29)32-26(27(5-2)35-38(32)25-12-7-6-8-13-25)22-37(31)33(39)34-28-14-9-10-16-30(28)40-3/h6-21,31H,4-5,22H2,1-3H3,(H,34,39). The highest BCUT2D eigenvalue weighted by molar-refractivity contribution is 5.91. The zero-order valence-electron chi connectivity index (χ0n) is 23.0. The van der Waals surface area contributed by atoms with Gasteiger partial charge in [-0.1, -0.05) is 68.4 Å². The molecule has 1 aliphatic rings. The van der Waals surface area contributed by atoms with E-state index in [9.17, 15) is 4.79 Å². The number of benzene rings is 3. The Morgan fingerprint density at radius 3 is 2.40 bits per heavy atom. The molecule has 0 aliphatic carbocycles. The molecule has 40 heavy (non-hydrogen) atoms. The zero-order chi connectivity index (χ0) is 27.6. The number of methoxy groups -OCH3 is 1. The molecule has 6 rings (SSSR count). The molecule has 0 fully saturated rings. The number of anilines is 1. The van der Waals surface area contributed by atoms with Gasteiger partial charge in [0.2, 0.25) is 0 Å². The van der Waals surface area contributed by atoms with Crippen molar-refractivity contribution >= 4 is 11.7 Å². The molecule has 3 aromatic carbocycles. The van der Waals surface area contributed by atoms with Crippen LogP contribution in [0.15, 0.2) is 97.2 Å². The molecule has 0 radical (unpaired) electrons. The number of para-hydroxylation sites is 3. The summed E-state index contributed by atoms with van der Waals surface area (Å²) >= 11 is 0. The summed E-state index contributed by atoms with van der Waals surface area (Å²) < 4.78 is 9.74. The van der Waals surface area contributed by atoms with Gasteiger partial charge in [-0.25, -0.2) is 9.48 Å². The monoisotopic (exact) mass is 531 g/mol. The van der Waals surface area contributed by atoms with Crippen molar-refractivity contribution < 1.29 is 9.53 Å². The minimum atomic E-state index is -0.322. The maximum Gasteiger partial charge on any atom is 0.323 e. The van der Waals surface area contributed by atoms with Crippen molar-refractivity contribution in [2.24, 2.45) is 0 Å². The Morgan fingerprint density at radius 1 is 0.925 bits per heavy atom. The van der Waals surface area contributed by atoms with Crippen LogP contribution < -0.4 is 10.1 Å². The number of nitrogens with zero attached hydrogens (tertiary/aromatic N) is 4. The van der Waals surface area contributed by atoms with Crippen LogP contribution in [0.1, 0.15) is 48.0 Å². The number of nitrogens with one attached hydrogen (secondary N) is 1. The predicted octanol–water partition coefficient (Wildman–Crippen LogP) is 6.93. The van der Waals surface area contributed by atoms with E-state index >= 15 is 0 Å². The summed E-state index contributed by atoms with van der Waals surface area (Å²) in [5.74, 6) is 1.58. The van der Waals surface area contributed by atoms with Gasteiger partial charge < -0.3 is 19.5 Å². The van der Waals surface area contributed by atoms with Crippen LogP contribution >= 0.6 is 0 Å². The van der Waals surface area contributed by atoms with Crippen LogP contribution in [0.4, 0.5) is 10.5 Å². The molecule has 0 spiro atoms. The van der Waals surface area contributed by atoms with Gasteiger partial charge in [-0.2, -0.15) is 5.10 Å². The van der Waals surface area contributed by atoms with E-state index in [1.165, 1.54) is 5.56 Å². The van der Waals surface area contributed by atoms with E-state index in [0.717, 1.165) is 46.9 Å². The number of amides is 2. The summed E-state index contributed by atoms with van der Waals surface area (Å²) in [5, 5.41) is 8.18. The molecular formula is C33H33N5O2. The highest BCUT2D eigenvalue weighted by Crippen LogP contribution is 2.39. The number of fused-ring (bicyclic) bond motifs is 3. The molecule has 0 bridgehead atoms. The minimum Gasteiger partial charge on any atom is -0.495 e. The van der Waals surface area contributed by atoms with Gasteiger partial charge in [0.05, 0.1) is 42.5 Å². The Labute approximate surface area is 234 Å². The number of aryl methyl sites for hydroxylation is 2. The van der Waals surface area contributed by atoms with Gasteiger partial charge in [0.25, 0.3) is 0 Å². The Balaban J connectivity index is 1.54. The zero-order valence-corrected chi connectivity index (χ0v) is 23.0. The van der Waals surface area contributed by atoms with E-state index in [1.807, 2.05) is 58.1 Å². The molecule has 1 unspecified atom stereocenters. The Kier molecular flexibility index (Phi) is 6.86. The lowest BCUT2D eigenvalue weighted by Gasteiger charge is -2.31. The lowest BCUT2D eigenvalue weighted by atomic mass is 9.99. The van der Waals surface area contributed by atoms with Gasteiger partial charge in [-0.3, -0.25) is 0 Å². The van der Waals surface area contributed by atoms with Crippen molar-refractivity contribution in [3.8, 4) is 17.3 Å². The second-order valence-electron chi connectivity index (χ2n) is 9.91. The number of aromatic nitrogens is 3. The summed E-state index contributed by atoms with van der Waals surface area (Å²) in [4.78, 5) is 16.2. The van der Waals surface area contributed by atoms with Crippen LogP contribution in [0.2, 0.25) is 0 Å². The number of carbonyl (C=O) groups is 1. The van der Waals surface area contributed by atoms with E-state index in [0.29, 0.717) is 18.0 Å². The second-order valence-corrected chi connectivity index (χ2v) is 9.91. The molecule has 3 heterocycles. The van der Waals surface area contributed by atoms with Crippen molar-refractivity contribution in [3.05, 3.63) is 125 Å². The predicted molar refractivity (Wildman–Crippen MR) is 157 cm³/mol. The first-order chi connectivity index (χ1) is 19.6. The fraction of sp³-hybridized carbons (Fsp3) is 0.212. The fourth-order valence-corrected chi connectivity index (χ4v) is 5.57. The van der Waals surface area contributed by atoms with E-state index in [4.69, 9.17) is 9.84 Å². The Morgan fingerprint density at radius 2 is 1.68 bits per heavy atom. The molecule has 202 valence electrons. The number of carbonyl (C=O) groups excluding carboxylic acids is 1. The summed E-state index contributed by atoms with van der Waals surface area (Å²) in [6.45, 7) is 4.66. The highest BCUT2D eigenvalue weighted by Gasteiger charge is 2.36.